The van der Waals surface area contributed by atoms with Crippen LogP contribution in [0.2, 0.25) is 5.02 Å². The maximum Gasteiger partial charge on any atom is 0.261 e. The van der Waals surface area contributed by atoms with Gasteiger partial charge in [-0.25, -0.2) is 8.42 Å². The highest BCUT2D eigenvalue weighted by Crippen LogP contribution is 2.29. The van der Waals surface area contributed by atoms with Crippen molar-refractivity contribution in [1.82, 2.24) is 10.2 Å². The largest absolute Gasteiger partial charge is 0.351 e. The van der Waals surface area contributed by atoms with Crippen LogP contribution >= 0.6 is 11.6 Å². The van der Waals surface area contributed by atoms with Crippen LogP contribution in [0.5, 0.6) is 0 Å². The number of hydrogen-bond acceptors (Lipinski definition) is 4. The third kappa shape index (κ3) is 5.59. The number of rotatable bonds is 9. The second-order valence-electron chi connectivity index (χ2n) is 7.54. The van der Waals surface area contributed by atoms with Crippen molar-refractivity contribution >= 4 is 44.0 Å². The van der Waals surface area contributed by atoms with E-state index in [0.717, 1.165) is 30.4 Å². The molecule has 0 spiro atoms. The number of nitrogens with zero attached hydrogens (tertiary/aromatic N) is 1. The molecule has 170 valence electrons. The summed E-state index contributed by atoms with van der Waals surface area (Å²) in [6.45, 7) is 9.03. The number of sulfonamides is 1. The first-order valence-electron chi connectivity index (χ1n) is 10.6. The zero-order valence-corrected chi connectivity index (χ0v) is 20.1. The Hall–Kier alpha value is -2.61. The van der Waals surface area contributed by atoms with Crippen molar-refractivity contribution in [2.24, 2.45) is 0 Å². The van der Waals surface area contributed by atoms with E-state index in [1.807, 2.05) is 24.3 Å². The number of carbonyl (C=O) groups excluding carboxylic acids is 1. The van der Waals surface area contributed by atoms with E-state index in [4.69, 9.17) is 11.6 Å². The van der Waals surface area contributed by atoms with Crippen molar-refractivity contribution in [3.63, 3.8) is 0 Å². The number of anilines is 1. The second-order valence-corrected chi connectivity index (χ2v) is 9.63. The molecule has 0 atom stereocenters. The zero-order valence-electron chi connectivity index (χ0n) is 18.5. The lowest BCUT2D eigenvalue weighted by Gasteiger charge is -2.18. The minimum absolute atomic E-state index is 0.142. The molecule has 0 radical (unpaired) electrons. The van der Waals surface area contributed by atoms with Crippen molar-refractivity contribution in [1.29, 1.82) is 0 Å². The predicted molar refractivity (Wildman–Crippen MR) is 131 cm³/mol. The Labute approximate surface area is 194 Å². The number of aryl methyl sites for hydroxylation is 1. The van der Waals surface area contributed by atoms with Crippen molar-refractivity contribution < 1.29 is 13.2 Å². The first kappa shape index (κ1) is 24.0. The molecule has 0 aliphatic heterocycles. The summed E-state index contributed by atoms with van der Waals surface area (Å²) in [4.78, 5) is 14.9. The summed E-state index contributed by atoms with van der Waals surface area (Å²) in [5.41, 5.74) is 1.28. The maximum atomic E-state index is 12.9. The monoisotopic (exact) mass is 473 g/mol. The number of amides is 1. The average Bonchev–Trinajstić information content (AvgIpc) is 2.78. The molecule has 0 heterocycles. The lowest BCUT2D eigenvalue weighted by atomic mass is 10.1. The van der Waals surface area contributed by atoms with Gasteiger partial charge in [0.15, 0.2) is 0 Å². The zero-order chi connectivity index (χ0) is 23.3. The molecule has 32 heavy (non-hydrogen) atoms. The first-order chi connectivity index (χ1) is 15.2. The van der Waals surface area contributed by atoms with E-state index < -0.39 is 10.0 Å². The van der Waals surface area contributed by atoms with Crippen LogP contribution in [0.25, 0.3) is 10.8 Å². The van der Waals surface area contributed by atoms with E-state index in [2.05, 4.69) is 28.8 Å². The molecule has 0 aliphatic rings. The fourth-order valence-electron chi connectivity index (χ4n) is 3.51. The number of carbonyl (C=O) groups is 1. The standard InChI is InChI=1S/C24H28ClN3O3S/c1-4-28(5-2)13-12-26-24(29)21-16-22(25)23(14-17(21)3)27-32(30,31)20-11-10-18-8-6-7-9-19(18)15-20/h6-11,14-16,27H,4-5,12-13H2,1-3H3,(H,26,29). The Morgan fingerprint density at radius 1 is 1.00 bits per heavy atom. The predicted octanol–water partition coefficient (Wildman–Crippen LogP) is 4.67. The van der Waals surface area contributed by atoms with E-state index in [0.29, 0.717) is 17.7 Å². The van der Waals surface area contributed by atoms with Gasteiger partial charge < -0.3 is 10.2 Å². The van der Waals surface area contributed by atoms with E-state index in [9.17, 15) is 13.2 Å². The van der Waals surface area contributed by atoms with Gasteiger partial charge in [0.25, 0.3) is 15.9 Å². The van der Waals surface area contributed by atoms with Crippen LogP contribution in [0.15, 0.2) is 59.5 Å². The SMILES string of the molecule is CCN(CC)CCNC(=O)c1cc(Cl)c(NS(=O)(=O)c2ccc3ccccc3c2)cc1C. The second kappa shape index (κ2) is 10.3. The lowest BCUT2D eigenvalue weighted by molar-refractivity contribution is 0.0948. The summed E-state index contributed by atoms with van der Waals surface area (Å²) in [5.74, 6) is -0.236. The van der Waals surface area contributed by atoms with Crippen LogP contribution in [0, 0.1) is 6.92 Å². The van der Waals surface area contributed by atoms with Gasteiger partial charge in [-0.3, -0.25) is 9.52 Å². The molecule has 8 heteroatoms. The van der Waals surface area contributed by atoms with Crippen LogP contribution in [0.3, 0.4) is 0 Å². The average molecular weight is 474 g/mol. The molecule has 3 rings (SSSR count). The smallest absolute Gasteiger partial charge is 0.261 e. The minimum Gasteiger partial charge on any atom is -0.351 e. The molecule has 0 saturated heterocycles. The molecule has 0 fully saturated rings. The first-order valence-corrected chi connectivity index (χ1v) is 12.4. The Morgan fingerprint density at radius 2 is 1.69 bits per heavy atom. The van der Waals surface area contributed by atoms with Crippen LogP contribution in [-0.4, -0.2) is 45.4 Å². The van der Waals surface area contributed by atoms with Crippen LogP contribution in [0.4, 0.5) is 5.69 Å². The number of nitrogens with one attached hydrogen (secondary N) is 2. The van der Waals surface area contributed by atoms with Crippen molar-refractivity contribution in [2.75, 3.05) is 30.9 Å². The van der Waals surface area contributed by atoms with Crippen molar-refractivity contribution in [3.05, 3.63) is 70.7 Å². The molecule has 0 aromatic heterocycles. The Bertz CT molecular complexity index is 1220. The van der Waals surface area contributed by atoms with Gasteiger partial charge >= 0.3 is 0 Å². The van der Waals surface area contributed by atoms with E-state index in [-0.39, 0.29) is 21.5 Å². The fraction of sp³-hybridized carbons (Fsp3) is 0.292. The third-order valence-electron chi connectivity index (χ3n) is 5.44. The molecular formula is C24H28ClN3O3S. The van der Waals surface area contributed by atoms with E-state index >= 15 is 0 Å². The molecule has 3 aromatic carbocycles. The highest BCUT2D eigenvalue weighted by Gasteiger charge is 2.19. The molecule has 0 bridgehead atoms. The topological polar surface area (TPSA) is 78.5 Å². The van der Waals surface area contributed by atoms with Crippen LogP contribution < -0.4 is 10.0 Å². The van der Waals surface area contributed by atoms with Gasteiger partial charge in [-0.05, 0) is 60.6 Å². The van der Waals surface area contributed by atoms with Crippen LogP contribution in [-0.2, 0) is 10.0 Å². The van der Waals surface area contributed by atoms with Gasteiger partial charge in [-0.1, -0.05) is 55.8 Å². The molecule has 0 saturated carbocycles. The summed E-state index contributed by atoms with van der Waals surface area (Å²) >= 11 is 6.35. The highest BCUT2D eigenvalue weighted by atomic mass is 35.5. The quantitative estimate of drug-likeness (QED) is 0.473. The highest BCUT2D eigenvalue weighted by molar-refractivity contribution is 7.92. The van der Waals surface area contributed by atoms with Crippen molar-refractivity contribution in [2.45, 2.75) is 25.7 Å². The summed E-state index contributed by atoms with van der Waals surface area (Å²) in [6.07, 6.45) is 0. The van der Waals surface area contributed by atoms with Gasteiger partial charge in [-0.2, -0.15) is 0 Å². The maximum absolute atomic E-state index is 12.9. The van der Waals surface area contributed by atoms with Crippen molar-refractivity contribution in [3.8, 4) is 0 Å². The Morgan fingerprint density at radius 3 is 2.38 bits per heavy atom. The summed E-state index contributed by atoms with van der Waals surface area (Å²) in [6, 6.07) is 15.6. The Kier molecular flexibility index (Phi) is 7.77. The van der Waals surface area contributed by atoms with Crippen LogP contribution in [0.1, 0.15) is 29.8 Å². The summed E-state index contributed by atoms with van der Waals surface area (Å²) in [5, 5.41) is 4.84. The third-order valence-corrected chi connectivity index (χ3v) is 7.12. The molecular weight excluding hydrogens is 446 g/mol. The number of fused-ring (bicyclic) bond motifs is 1. The molecule has 6 nitrogen and oxygen atoms in total. The number of hydrogen-bond donors (Lipinski definition) is 2. The number of halogens is 1. The molecule has 1 amide bonds. The van der Waals surface area contributed by atoms with E-state index in [1.165, 1.54) is 6.07 Å². The number of likely N-dealkylation sites (N-methyl/N-ethyl adjacent to an activating group) is 1. The molecule has 0 aliphatic carbocycles. The van der Waals surface area contributed by atoms with Gasteiger partial charge in [0, 0.05) is 18.7 Å². The summed E-state index contributed by atoms with van der Waals surface area (Å²) in [7, 11) is -3.85. The molecule has 3 aromatic rings. The fourth-order valence-corrected chi connectivity index (χ4v) is 4.88. The van der Waals surface area contributed by atoms with Gasteiger partial charge in [-0.15, -0.1) is 0 Å². The normalized spacial score (nSPS) is 11.7. The summed E-state index contributed by atoms with van der Waals surface area (Å²) < 4.78 is 28.4. The minimum atomic E-state index is -3.85. The number of benzene rings is 3. The van der Waals surface area contributed by atoms with Gasteiger partial charge in [0.1, 0.15) is 0 Å². The van der Waals surface area contributed by atoms with Gasteiger partial charge in [0.05, 0.1) is 15.6 Å². The van der Waals surface area contributed by atoms with Gasteiger partial charge in [0.2, 0.25) is 0 Å². The molecule has 2 N–H and O–H groups in total. The molecule has 0 unspecified atom stereocenters. The Balaban J connectivity index is 1.77. The van der Waals surface area contributed by atoms with E-state index in [1.54, 1.807) is 31.2 Å². The lowest BCUT2D eigenvalue weighted by Crippen LogP contribution is -2.35.